The Morgan fingerprint density at radius 1 is 1.37 bits per heavy atom. The number of aryl methyl sites for hydroxylation is 3. The fraction of sp³-hybridized carbons (Fsp3) is 0.562. The molecule has 0 atom stereocenters. The largest absolute Gasteiger partial charge is 0.328 e. The Balaban J connectivity index is 1.90. The summed E-state index contributed by atoms with van der Waals surface area (Å²) in [6, 6.07) is 6.55. The van der Waals surface area contributed by atoms with Crippen LogP contribution in [0.1, 0.15) is 37.1 Å². The van der Waals surface area contributed by atoms with Gasteiger partial charge in [-0.1, -0.05) is 25.3 Å². The summed E-state index contributed by atoms with van der Waals surface area (Å²) < 4.78 is 2.38. The molecular weight excluding hydrogens is 256 g/mol. The Labute approximate surface area is 119 Å². The zero-order chi connectivity index (χ0) is 13.2. The van der Waals surface area contributed by atoms with E-state index in [0.29, 0.717) is 5.88 Å². The maximum Gasteiger partial charge on any atom is 0.111 e. The molecule has 0 saturated heterocycles. The second kappa shape index (κ2) is 5.54. The lowest BCUT2D eigenvalue weighted by Crippen LogP contribution is -2.15. The molecule has 0 amide bonds. The summed E-state index contributed by atoms with van der Waals surface area (Å²) in [6.45, 7) is 3.21. The minimum Gasteiger partial charge on any atom is -0.328 e. The predicted octanol–water partition coefficient (Wildman–Crippen LogP) is 4.32. The van der Waals surface area contributed by atoms with Crippen LogP contribution in [-0.2, 0) is 13.0 Å². The van der Waals surface area contributed by atoms with Crippen LogP contribution in [0, 0.1) is 12.8 Å². The van der Waals surface area contributed by atoms with Crippen LogP contribution in [-0.4, -0.2) is 15.4 Å². The van der Waals surface area contributed by atoms with Crippen molar-refractivity contribution in [2.24, 2.45) is 5.92 Å². The fourth-order valence-corrected chi connectivity index (χ4v) is 3.08. The van der Waals surface area contributed by atoms with Crippen LogP contribution >= 0.6 is 11.6 Å². The first-order chi connectivity index (χ1) is 9.28. The van der Waals surface area contributed by atoms with E-state index in [2.05, 4.69) is 29.7 Å². The summed E-state index contributed by atoms with van der Waals surface area (Å²) in [7, 11) is 0. The van der Waals surface area contributed by atoms with Crippen molar-refractivity contribution in [3.63, 3.8) is 0 Å². The molecule has 1 fully saturated rings. The summed E-state index contributed by atoms with van der Waals surface area (Å²) in [5.41, 5.74) is 3.66. The minimum absolute atomic E-state index is 0.645. The number of halogens is 1. The minimum atomic E-state index is 0.645. The zero-order valence-corrected chi connectivity index (χ0v) is 12.3. The van der Waals surface area contributed by atoms with Gasteiger partial charge in [0.25, 0.3) is 0 Å². The van der Waals surface area contributed by atoms with E-state index in [4.69, 9.17) is 16.6 Å². The number of hydrogen-bond acceptors (Lipinski definition) is 1. The molecule has 0 spiro atoms. The molecule has 0 aliphatic heterocycles. The predicted molar refractivity (Wildman–Crippen MR) is 80.9 cm³/mol. The lowest BCUT2D eigenvalue weighted by Gasteiger charge is -2.25. The highest BCUT2D eigenvalue weighted by atomic mass is 35.5. The second-order valence-electron chi connectivity index (χ2n) is 5.70. The molecule has 1 saturated carbocycles. The first-order valence-electron chi connectivity index (χ1n) is 7.29. The number of fused-ring (bicyclic) bond motifs is 1. The van der Waals surface area contributed by atoms with Gasteiger partial charge in [-0.25, -0.2) is 4.98 Å². The molecule has 1 aromatic carbocycles. The molecule has 2 aromatic rings. The van der Waals surface area contributed by atoms with Crippen molar-refractivity contribution in [2.45, 2.75) is 45.6 Å². The molecule has 3 heteroatoms. The van der Waals surface area contributed by atoms with Crippen molar-refractivity contribution in [1.82, 2.24) is 9.55 Å². The van der Waals surface area contributed by atoms with E-state index in [1.165, 1.54) is 36.8 Å². The third-order valence-electron chi connectivity index (χ3n) is 4.29. The van der Waals surface area contributed by atoms with Gasteiger partial charge in [0, 0.05) is 18.8 Å². The van der Waals surface area contributed by atoms with Crippen LogP contribution in [0.2, 0.25) is 0 Å². The van der Waals surface area contributed by atoms with Gasteiger partial charge in [0.1, 0.15) is 5.82 Å². The summed E-state index contributed by atoms with van der Waals surface area (Å²) in [5.74, 6) is 2.73. The average molecular weight is 277 g/mol. The molecule has 1 aromatic heterocycles. The first kappa shape index (κ1) is 13.0. The average Bonchev–Trinajstić information content (AvgIpc) is 2.65. The Morgan fingerprint density at radius 3 is 2.89 bits per heavy atom. The van der Waals surface area contributed by atoms with Crippen LogP contribution in [0.3, 0.4) is 0 Å². The van der Waals surface area contributed by atoms with E-state index >= 15 is 0 Å². The van der Waals surface area contributed by atoms with Crippen LogP contribution in [0.15, 0.2) is 18.2 Å². The Morgan fingerprint density at radius 2 is 2.21 bits per heavy atom. The third-order valence-corrected chi connectivity index (χ3v) is 4.48. The highest BCUT2D eigenvalue weighted by molar-refractivity contribution is 6.17. The Kier molecular flexibility index (Phi) is 3.79. The van der Waals surface area contributed by atoms with Gasteiger partial charge in [0.15, 0.2) is 0 Å². The van der Waals surface area contributed by atoms with Gasteiger partial charge in [-0.2, -0.15) is 0 Å². The van der Waals surface area contributed by atoms with Crippen LogP contribution in [0.5, 0.6) is 0 Å². The summed E-state index contributed by atoms with van der Waals surface area (Å²) in [5, 5.41) is 0. The molecular formula is C16H21ClN2. The van der Waals surface area contributed by atoms with E-state index in [-0.39, 0.29) is 0 Å². The number of alkyl halides is 1. The number of imidazole rings is 1. The van der Waals surface area contributed by atoms with Crippen molar-refractivity contribution in [3.8, 4) is 0 Å². The molecule has 1 aliphatic carbocycles. The molecule has 102 valence electrons. The van der Waals surface area contributed by atoms with E-state index in [0.717, 1.165) is 30.2 Å². The summed E-state index contributed by atoms with van der Waals surface area (Å²) in [6.07, 6.45) is 6.39. The lowest BCUT2D eigenvalue weighted by atomic mass is 9.83. The van der Waals surface area contributed by atoms with E-state index < -0.39 is 0 Å². The van der Waals surface area contributed by atoms with E-state index in [1.54, 1.807) is 0 Å². The third kappa shape index (κ3) is 2.64. The molecule has 0 unspecified atom stereocenters. The lowest BCUT2D eigenvalue weighted by molar-refractivity contribution is 0.282. The number of nitrogens with zero attached hydrogens (tertiary/aromatic N) is 2. The monoisotopic (exact) mass is 276 g/mol. The SMILES string of the molecule is Cc1ccc2c(c1)nc(CCCl)n2CCC1CCC1. The van der Waals surface area contributed by atoms with Gasteiger partial charge in [-0.05, 0) is 37.0 Å². The Bertz CT molecular complexity index is 569. The van der Waals surface area contributed by atoms with Crippen LogP contribution in [0.25, 0.3) is 11.0 Å². The van der Waals surface area contributed by atoms with E-state index in [1.807, 2.05) is 0 Å². The van der Waals surface area contributed by atoms with Crippen molar-refractivity contribution in [3.05, 3.63) is 29.6 Å². The number of rotatable bonds is 5. The highest BCUT2D eigenvalue weighted by Crippen LogP contribution is 2.30. The van der Waals surface area contributed by atoms with Crippen molar-refractivity contribution in [1.29, 1.82) is 0 Å². The number of aromatic nitrogens is 2. The molecule has 19 heavy (non-hydrogen) atoms. The normalized spacial score (nSPS) is 15.9. The van der Waals surface area contributed by atoms with Gasteiger partial charge >= 0.3 is 0 Å². The second-order valence-corrected chi connectivity index (χ2v) is 6.07. The molecule has 1 heterocycles. The number of hydrogen-bond donors (Lipinski definition) is 0. The fourth-order valence-electron chi connectivity index (χ4n) is 2.91. The summed E-state index contributed by atoms with van der Waals surface area (Å²) >= 11 is 5.91. The Hall–Kier alpha value is -1.02. The maximum absolute atomic E-state index is 5.91. The molecule has 0 N–H and O–H groups in total. The van der Waals surface area contributed by atoms with Crippen LogP contribution < -0.4 is 0 Å². The van der Waals surface area contributed by atoms with Crippen molar-refractivity contribution in [2.75, 3.05) is 5.88 Å². The maximum atomic E-state index is 5.91. The topological polar surface area (TPSA) is 17.8 Å². The van der Waals surface area contributed by atoms with Gasteiger partial charge in [-0.15, -0.1) is 11.6 Å². The molecule has 1 aliphatic rings. The standard InChI is InChI=1S/C16H21ClN2/c1-12-5-6-15-14(11-12)18-16(7-9-17)19(15)10-8-13-3-2-4-13/h5-6,11,13H,2-4,7-10H2,1H3. The molecule has 0 radical (unpaired) electrons. The van der Waals surface area contributed by atoms with Gasteiger partial charge in [0.2, 0.25) is 0 Å². The quantitative estimate of drug-likeness (QED) is 0.744. The molecule has 3 rings (SSSR count). The number of benzene rings is 1. The van der Waals surface area contributed by atoms with Crippen molar-refractivity contribution >= 4 is 22.6 Å². The molecule has 2 nitrogen and oxygen atoms in total. The van der Waals surface area contributed by atoms with Gasteiger partial charge in [-0.3, -0.25) is 0 Å². The summed E-state index contributed by atoms with van der Waals surface area (Å²) in [4.78, 5) is 4.76. The van der Waals surface area contributed by atoms with Crippen LogP contribution in [0.4, 0.5) is 0 Å². The zero-order valence-electron chi connectivity index (χ0n) is 11.5. The first-order valence-corrected chi connectivity index (χ1v) is 7.83. The van der Waals surface area contributed by atoms with Gasteiger partial charge in [0.05, 0.1) is 11.0 Å². The van der Waals surface area contributed by atoms with Gasteiger partial charge < -0.3 is 4.57 Å². The molecule has 0 bridgehead atoms. The van der Waals surface area contributed by atoms with Crippen molar-refractivity contribution < 1.29 is 0 Å². The van der Waals surface area contributed by atoms with E-state index in [9.17, 15) is 0 Å². The highest BCUT2D eigenvalue weighted by Gasteiger charge is 2.18. The smallest absolute Gasteiger partial charge is 0.111 e.